The van der Waals surface area contributed by atoms with Gasteiger partial charge in [0, 0.05) is 23.5 Å². The highest BCUT2D eigenvalue weighted by atomic mass is 35.5. The van der Waals surface area contributed by atoms with Crippen LogP contribution in [0.4, 0.5) is 0 Å². The first-order chi connectivity index (χ1) is 11.5. The molecule has 0 atom stereocenters. The lowest BCUT2D eigenvalue weighted by Crippen LogP contribution is -2.37. The minimum Gasteiger partial charge on any atom is -0.497 e. The maximum atomic E-state index is 6.26. The summed E-state index contributed by atoms with van der Waals surface area (Å²) in [7, 11) is 3.40. The topological polar surface area (TPSA) is 58.5 Å². The summed E-state index contributed by atoms with van der Waals surface area (Å²) in [4.78, 5) is 9.91. The number of nitrogens with one attached hydrogen (secondary N) is 2. The summed E-state index contributed by atoms with van der Waals surface area (Å²) < 4.78 is 5.16. The third kappa shape index (κ3) is 5.11. The fraction of sp³-hybridized carbons (Fsp3) is 0.412. The molecular formula is C17H23ClN4OS. The largest absolute Gasteiger partial charge is 0.497 e. The predicted octanol–water partition coefficient (Wildman–Crippen LogP) is 3.33. The summed E-state index contributed by atoms with van der Waals surface area (Å²) in [5.41, 5.74) is 2.15. The second-order valence-corrected chi connectivity index (χ2v) is 7.00. The molecule has 0 aliphatic rings. The van der Waals surface area contributed by atoms with Crippen molar-refractivity contribution in [3.8, 4) is 5.75 Å². The lowest BCUT2D eigenvalue weighted by Gasteiger charge is -2.12. The Balaban J connectivity index is 1.82. The van der Waals surface area contributed by atoms with Gasteiger partial charge in [0.1, 0.15) is 5.75 Å². The second kappa shape index (κ2) is 8.89. The van der Waals surface area contributed by atoms with Gasteiger partial charge in [0.15, 0.2) is 5.96 Å². The standard InChI is InChI=1S/C17H23ClN4OS/c1-11-16(24-12(2)22-11)10-21-17(19-3)20-8-7-13-5-6-14(23-4)9-15(13)18/h5-6,9H,7-8,10H2,1-4H3,(H2,19,20,21). The van der Waals surface area contributed by atoms with Crippen LogP contribution in [0.5, 0.6) is 5.75 Å². The molecule has 130 valence electrons. The number of rotatable bonds is 6. The van der Waals surface area contributed by atoms with Crippen molar-refractivity contribution in [1.82, 2.24) is 15.6 Å². The van der Waals surface area contributed by atoms with Crippen LogP contribution in [0.1, 0.15) is 21.1 Å². The first-order valence-electron chi connectivity index (χ1n) is 7.73. The maximum Gasteiger partial charge on any atom is 0.191 e. The Hall–Kier alpha value is -1.79. The molecule has 0 bridgehead atoms. The van der Waals surface area contributed by atoms with E-state index in [4.69, 9.17) is 16.3 Å². The lowest BCUT2D eigenvalue weighted by molar-refractivity contribution is 0.414. The number of nitrogens with zero attached hydrogens (tertiary/aromatic N) is 2. The minimum absolute atomic E-state index is 0.717. The Morgan fingerprint density at radius 2 is 2.12 bits per heavy atom. The Kier molecular flexibility index (Phi) is 6.87. The van der Waals surface area contributed by atoms with Gasteiger partial charge in [-0.15, -0.1) is 11.3 Å². The molecule has 0 radical (unpaired) electrons. The SMILES string of the molecule is CN=C(NCCc1ccc(OC)cc1Cl)NCc1sc(C)nc1C. The molecule has 5 nitrogen and oxygen atoms in total. The molecule has 0 unspecified atom stereocenters. The van der Waals surface area contributed by atoms with Gasteiger partial charge in [-0.1, -0.05) is 17.7 Å². The number of ether oxygens (including phenoxy) is 1. The van der Waals surface area contributed by atoms with Crippen molar-refractivity contribution >= 4 is 28.9 Å². The van der Waals surface area contributed by atoms with Crippen LogP contribution in [0.15, 0.2) is 23.2 Å². The van der Waals surface area contributed by atoms with E-state index >= 15 is 0 Å². The molecule has 1 aromatic heterocycles. The van der Waals surface area contributed by atoms with Crippen molar-refractivity contribution in [2.75, 3.05) is 20.7 Å². The highest BCUT2D eigenvalue weighted by Gasteiger charge is 2.06. The zero-order chi connectivity index (χ0) is 17.5. The van der Waals surface area contributed by atoms with Crippen LogP contribution in [0.2, 0.25) is 5.02 Å². The highest BCUT2D eigenvalue weighted by Crippen LogP contribution is 2.22. The number of guanidine groups is 1. The number of aryl methyl sites for hydroxylation is 2. The van der Waals surface area contributed by atoms with Crippen LogP contribution in [0.25, 0.3) is 0 Å². The van der Waals surface area contributed by atoms with Crippen molar-refractivity contribution in [3.63, 3.8) is 0 Å². The van der Waals surface area contributed by atoms with E-state index < -0.39 is 0 Å². The smallest absolute Gasteiger partial charge is 0.191 e. The fourth-order valence-corrected chi connectivity index (χ4v) is 3.44. The number of aliphatic imine (C=N–C) groups is 1. The van der Waals surface area contributed by atoms with Gasteiger partial charge < -0.3 is 15.4 Å². The molecule has 0 aliphatic carbocycles. The van der Waals surface area contributed by atoms with E-state index in [9.17, 15) is 0 Å². The molecule has 2 N–H and O–H groups in total. The van der Waals surface area contributed by atoms with Crippen molar-refractivity contribution in [3.05, 3.63) is 44.4 Å². The van der Waals surface area contributed by atoms with Gasteiger partial charge in [-0.05, 0) is 38.0 Å². The lowest BCUT2D eigenvalue weighted by atomic mass is 10.1. The molecule has 0 spiro atoms. The van der Waals surface area contributed by atoms with E-state index in [0.717, 1.165) is 52.5 Å². The molecule has 0 fully saturated rings. The number of hydrogen-bond donors (Lipinski definition) is 2. The molecule has 0 saturated carbocycles. The van der Waals surface area contributed by atoms with Gasteiger partial charge in [0.05, 0.1) is 24.4 Å². The summed E-state index contributed by atoms with van der Waals surface area (Å²) in [6.45, 7) is 5.52. The molecule has 0 amide bonds. The van der Waals surface area contributed by atoms with Crippen molar-refractivity contribution < 1.29 is 4.74 Å². The van der Waals surface area contributed by atoms with Gasteiger partial charge in [-0.3, -0.25) is 4.99 Å². The summed E-state index contributed by atoms with van der Waals surface area (Å²) in [6, 6.07) is 5.74. The van der Waals surface area contributed by atoms with E-state index in [1.165, 1.54) is 4.88 Å². The van der Waals surface area contributed by atoms with E-state index in [1.807, 2.05) is 32.0 Å². The fourth-order valence-electron chi connectivity index (χ4n) is 2.30. The van der Waals surface area contributed by atoms with Crippen LogP contribution >= 0.6 is 22.9 Å². The Morgan fingerprint density at radius 3 is 2.71 bits per heavy atom. The molecule has 0 saturated heterocycles. The van der Waals surface area contributed by atoms with Gasteiger partial charge in [0.25, 0.3) is 0 Å². The molecule has 1 aromatic carbocycles. The van der Waals surface area contributed by atoms with Gasteiger partial charge in [0.2, 0.25) is 0 Å². The highest BCUT2D eigenvalue weighted by molar-refractivity contribution is 7.11. The van der Waals surface area contributed by atoms with E-state index in [1.54, 1.807) is 25.5 Å². The van der Waals surface area contributed by atoms with Crippen LogP contribution in [-0.4, -0.2) is 31.6 Å². The summed E-state index contributed by atoms with van der Waals surface area (Å²) >= 11 is 7.97. The van der Waals surface area contributed by atoms with Crippen LogP contribution in [0, 0.1) is 13.8 Å². The monoisotopic (exact) mass is 366 g/mol. The number of hydrogen-bond acceptors (Lipinski definition) is 4. The Labute approximate surface area is 152 Å². The zero-order valence-electron chi connectivity index (χ0n) is 14.4. The number of benzene rings is 1. The summed E-state index contributed by atoms with van der Waals surface area (Å²) in [5.74, 6) is 1.54. The first-order valence-corrected chi connectivity index (χ1v) is 8.92. The van der Waals surface area contributed by atoms with E-state index in [-0.39, 0.29) is 0 Å². The van der Waals surface area contributed by atoms with Crippen LogP contribution in [0.3, 0.4) is 0 Å². The normalized spacial score (nSPS) is 11.5. The van der Waals surface area contributed by atoms with E-state index in [2.05, 4.69) is 20.6 Å². The number of methoxy groups -OCH3 is 1. The average Bonchev–Trinajstić information content (AvgIpc) is 2.89. The molecule has 24 heavy (non-hydrogen) atoms. The summed E-state index contributed by atoms with van der Waals surface area (Å²) in [6.07, 6.45) is 0.808. The molecule has 0 aliphatic heterocycles. The van der Waals surface area contributed by atoms with Gasteiger partial charge in [-0.25, -0.2) is 4.98 Å². The molecule has 2 rings (SSSR count). The first kappa shape index (κ1) is 18.5. The predicted molar refractivity (Wildman–Crippen MR) is 101 cm³/mol. The zero-order valence-corrected chi connectivity index (χ0v) is 16.0. The Bertz CT molecular complexity index is 715. The van der Waals surface area contributed by atoms with Gasteiger partial charge >= 0.3 is 0 Å². The summed E-state index contributed by atoms with van der Waals surface area (Å²) in [5, 5.41) is 8.42. The second-order valence-electron chi connectivity index (χ2n) is 5.30. The number of halogens is 1. The molecule has 2 aromatic rings. The molecule has 7 heteroatoms. The van der Waals surface area contributed by atoms with Crippen molar-refractivity contribution in [2.24, 2.45) is 4.99 Å². The van der Waals surface area contributed by atoms with Crippen molar-refractivity contribution in [1.29, 1.82) is 0 Å². The quantitative estimate of drug-likeness (QED) is 0.608. The van der Waals surface area contributed by atoms with Crippen LogP contribution < -0.4 is 15.4 Å². The molecule has 1 heterocycles. The Morgan fingerprint density at radius 1 is 1.33 bits per heavy atom. The maximum absolute atomic E-state index is 6.26. The minimum atomic E-state index is 0.717. The number of aromatic nitrogens is 1. The van der Waals surface area contributed by atoms with Gasteiger partial charge in [-0.2, -0.15) is 0 Å². The number of thiazole rings is 1. The van der Waals surface area contributed by atoms with E-state index in [0.29, 0.717) is 0 Å². The van der Waals surface area contributed by atoms with Crippen molar-refractivity contribution in [2.45, 2.75) is 26.8 Å². The molecular weight excluding hydrogens is 344 g/mol. The third-order valence-electron chi connectivity index (χ3n) is 3.59. The average molecular weight is 367 g/mol. The van der Waals surface area contributed by atoms with Crippen LogP contribution in [-0.2, 0) is 13.0 Å². The third-order valence-corrected chi connectivity index (χ3v) is 5.01.